The van der Waals surface area contributed by atoms with Crippen LogP contribution in [0.25, 0.3) is 11.0 Å². The zero-order valence-corrected chi connectivity index (χ0v) is 14.5. The predicted molar refractivity (Wildman–Crippen MR) is 93.2 cm³/mol. The first-order valence-electron chi connectivity index (χ1n) is 8.42. The molecule has 1 aromatic carbocycles. The van der Waals surface area contributed by atoms with Crippen molar-refractivity contribution in [2.75, 3.05) is 13.2 Å². The molecular formula is C18H26N2O4. The third-order valence-corrected chi connectivity index (χ3v) is 3.72. The summed E-state index contributed by atoms with van der Waals surface area (Å²) in [5, 5.41) is 16.1. The second-order valence-corrected chi connectivity index (χ2v) is 5.77. The van der Waals surface area contributed by atoms with E-state index in [1.165, 1.54) is 0 Å². The average molecular weight is 334 g/mol. The molecule has 0 fully saturated rings. The number of hydrogen-bond acceptors (Lipinski definition) is 4. The highest BCUT2D eigenvalue weighted by Crippen LogP contribution is 2.31. The van der Waals surface area contributed by atoms with Crippen LogP contribution < -0.4 is 15.4 Å². The number of rotatable bonds is 8. The quantitative estimate of drug-likeness (QED) is 0.691. The molecule has 0 saturated heterocycles. The number of carbonyl (C=O) groups excluding carboxylic acids is 1. The van der Waals surface area contributed by atoms with Gasteiger partial charge in [0.25, 0.3) is 0 Å². The molecule has 2 amide bonds. The zero-order valence-electron chi connectivity index (χ0n) is 14.5. The fraction of sp³-hybridized carbons (Fsp3) is 0.500. The molecule has 3 N–H and O–H groups in total. The molecule has 2 rings (SSSR count). The molecule has 24 heavy (non-hydrogen) atoms. The van der Waals surface area contributed by atoms with E-state index in [0.29, 0.717) is 30.1 Å². The van der Waals surface area contributed by atoms with E-state index in [9.17, 15) is 9.90 Å². The van der Waals surface area contributed by atoms with Crippen LogP contribution in [-0.2, 0) is 0 Å². The maximum Gasteiger partial charge on any atom is 0.315 e. The number of hydrogen-bond donors (Lipinski definition) is 3. The van der Waals surface area contributed by atoms with E-state index < -0.39 is 6.10 Å². The van der Waals surface area contributed by atoms with Gasteiger partial charge in [-0.15, -0.1) is 0 Å². The van der Waals surface area contributed by atoms with Crippen LogP contribution in [0.2, 0.25) is 0 Å². The highest BCUT2D eigenvalue weighted by molar-refractivity contribution is 5.84. The van der Waals surface area contributed by atoms with Gasteiger partial charge < -0.3 is 24.9 Å². The Morgan fingerprint density at radius 2 is 2.17 bits per heavy atom. The Bertz CT molecular complexity index is 668. The fourth-order valence-electron chi connectivity index (χ4n) is 2.50. The second kappa shape index (κ2) is 8.59. The molecule has 132 valence electrons. The van der Waals surface area contributed by atoms with Gasteiger partial charge in [-0.1, -0.05) is 25.5 Å². The van der Waals surface area contributed by atoms with Crippen LogP contribution >= 0.6 is 0 Å². The molecule has 0 aliphatic carbocycles. The summed E-state index contributed by atoms with van der Waals surface area (Å²) < 4.78 is 11.4. The summed E-state index contributed by atoms with van der Waals surface area (Å²) in [7, 11) is 0. The Hall–Kier alpha value is -2.21. The van der Waals surface area contributed by atoms with Crippen LogP contribution in [0.4, 0.5) is 4.79 Å². The minimum atomic E-state index is -0.518. The number of para-hydroxylation sites is 1. The molecule has 0 bridgehead atoms. The normalized spacial score (nSPS) is 13.5. The van der Waals surface area contributed by atoms with Gasteiger partial charge in [-0.2, -0.15) is 0 Å². The first-order chi connectivity index (χ1) is 11.5. The maximum atomic E-state index is 11.9. The van der Waals surface area contributed by atoms with E-state index in [1.807, 2.05) is 45.0 Å². The highest BCUT2D eigenvalue weighted by Gasteiger charge is 2.16. The predicted octanol–water partition coefficient (Wildman–Crippen LogP) is 3.35. The van der Waals surface area contributed by atoms with Crippen molar-refractivity contribution in [3.8, 4) is 5.75 Å². The average Bonchev–Trinajstić information content (AvgIpc) is 2.99. The number of fused-ring (bicyclic) bond motifs is 1. The third-order valence-electron chi connectivity index (χ3n) is 3.72. The number of aliphatic hydroxyl groups excluding tert-OH is 1. The van der Waals surface area contributed by atoms with Crippen molar-refractivity contribution in [2.24, 2.45) is 0 Å². The fourth-order valence-corrected chi connectivity index (χ4v) is 2.50. The Labute approximate surface area is 142 Å². The van der Waals surface area contributed by atoms with Crippen LogP contribution in [0.3, 0.4) is 0 Å². The van der Waals surface area contributed by atoms with Crippen molar-refractivity contribution >= 4 is 17.0 Å². The summed E-state index contributed by atoms with van der Waals surface area (Å²) in [5.74, 6) is 1.35. The van der Waals surface area contributed by atoms with Gasteiger partial charge in [0.05, 0.1) is 18.8 Å². The van der Waals surface area contributed by atoms with E-state index in [-0.39, 0.29) is 18.6 Å². The largest absolute Gasteiger partial charge is 0.490 e. The highest BCUT2D eigenvalue weighted by atomic mass is 16.5. The molecule has 0 spiro atoms. The zero-order chi connectivity index (χ0) is 17.5. The smallest absolute Gasteiger partial charge is 0.315 e. The van der Waals surface area contributed by atoms with Crippen LogP contribution in [0, 0.1) is 0 Å². The minimum Gasteiger partial charge on any atom is -0.490 e. The van der Waals surface area contributed by atoms with Crippen molar-refractivity contribution in [3.63, 3.8) is 0 Å². The topological polar surface area (TPSA) is 83.7 Å². The molecule has 6 heteroatoms. The number of nitrogens with one attached hydrogen (secondary N) is 2. The SMILES string of the molecule is CCCC(O)CNC(=O)NC(C)c1cc2cccc(OCC)c2o1. The van der Waals surface area contributed by atoms with Crippen LogP contribution in [0.1, 0.15) is 45.4 Å². The lowest BCUT2D eigenvalue weighted by atomic mass is 10.2. The number of benzene rings is 1. The lowest BCUT2D eigenvalue weighted by Gasteiger charge is -2.14. The number of urea groups is 1. The van der Waals surface area contributed by atoms with Gasteiger partial charge in [0.1, 0.15) is 5.76 Å². The van der Waals surface area contributed by atoms with Crippen molar-refractivity contribution in [2.45, 2.75) is 45.8 Å². The van der Waals surface area contributed by atoms with Gasteiger partial charge in [0.15, 0.2) is 11.3 Å². The third kappa shape index (κ3) is 4.64. The van der Waals surface area contributed by atoms with Crippen molar-refractivity contribution in [1.82, 2.24) is 10.6 Å². The monoisotopic (exact) mass is 334 g/mol. The van der Waals surface area contributed by atoms with Gasteiger partial charge in [-0.05, 0) is 32.4 Å². The van der Waals surface area contributed by atoms with Crippen LogP contribution in [0.15, 0.2) is 28.7 Å². The summed E-state index contributed by atoms with van der Waals surface area (Å²) in [4.78, 5) is 11.9. The van der Waals surface area contributed by atoms with E-state index in [0.717, 1.165) is 11.8 Å². The molecule has 2 unspecified atom stereocenters. The number of carbonyl (C=O) groups is 1. The molecular weight excluding hydrogens is 308 g/mol. The van der Waals surface area contributed by atoms with Gasteiger partial charge in [-0.3, -0.25) is 0 Å². The van der Waals surface area contributed by atoms with E-state index >= 15 is 0 Å². The van der Waals surface area contributed by atoms with Crippen LogP contribution in [0.5, 0.6) is 5.75 Å². The Morgan fingerprint density at radius 1 is 1.38 bits per heavy atom. The minimum absolute atomic E-state index is 0.237. The molecule has 6 nitrogen and oxygen atoms in total. The molecule has 1 heterocycles. The van der Waals surface area contributed by atoms with Crippen molar-refractivity contribution < 1.29 is 19.1 Å². The van der Waals surface area contributed by atoms with Gasteiger partial charge in [-0.25, -0.2) is 4.79 Å². The first-order valence-corrected chi connectivity index (χ1v) is 8.42. The molecule has 2 atom stereocenters. The molecule has 2 aromatic rings. The summed E-state index contributed by atoms with van der Waals surface area (Å²) in [5.41, 5.74) is 0.682. The molecule has 1 aromatic heterocycles. The summed E-state index contributed by atoms with van der Waals surface area (Å²) in [6, 6.07) is 6.98. The first kappa shape index (κ1) is 18.1. The number of amides is 2. The summed E-state index contributed by atoms with van der Waals surface area (Å²) >= 11 is 0. The van der Waals surface area contributed by atoms with Gasteiger partial charge in [0.2, 0.25) is 0 Å². The lowest BCUT2D eigenvalue weighted by Crippen LogP contribution is -2.40. The van der Waals surface area contributed by atoms with Gasteiger partial charge >= 0.3 is 6.03 Å². The molecule has 0 saturated carbocycles. The molecule has 0 aliphatic rings. The van der Waals surface area contributed by atoms with E-state index in [1.54, 1.807) is 0 Å². The van der Waals surface area contributed by atoms with Crippen LogP contribution in [-0.4, -0.2) is 30.4 Å². The summed E-state index contributed by atoms with van der Waals surface area (Å²) in [6.07, 6.45) is 1.03. The Balaban J connectivity index is 1.99. The van der Waals surface area contributed by atoms with Crippen molar-refractivity contribution in [1.29, 1.82) is 0 Å². The van der Waals surface area contributed by atoms with E-state index in [2.05, 4.69) is 10.6 Å². The number of aliphatic hydroxyl groups is 1. The summed E-state index contributed by atoms with van der Waals surface area (Å²) in [6.45, 7) is 6.56. The number of ether oxygens (including phenoxy) is 1. The second-order valence-electron chi connectivity index (χ2n) is 5.77. The molecule has 0 aliphatic heterocycles. The standard InChI is InChI=1S/C18H26N2O4/c1-4-7-14(21)11-19-18(22)20-12(3)16-10-13-8-6-9-15(23-5-2)17(13)24-16/h6,8-10,12,14,21H,4-5,7,11H2,1-3H3,(H2,19,20,22). The Morgan fingerprint density at radius 3 is 2.88 bits per heavy atom. The molecule has 0 radical (unpaired) electrons. The van der Waals surface area contributed by atoms with Crippen molar-refractivity contribution in [3.05, 3.63) is 30.0 Å². The maximum absolute atomic E-state index is 11.9. The number of furan rings is 1. The van der Waals surface area contributed by atoms with Gasteiger partial charge in [0, 0.05) is 11.9 Å². The van der Waals surface area contributed by atoms with E-state index in [4.69, 9.17) is 9.15 Å². The Kier molecular flexibility index (Phi) is 6.49. The lowest BCUT2D eigenvalue weighted by molar-refractivity contribution is 0.160.